The van der Waals surface area contributed by atoms with Crippen molar-refractivity contribution in [2.24, 2.45) is 4.99 Å². The molecule has 0 spiro atoms. The Morgan fingerprint density at radius 2 is 2.54 bits per heavy atom. The maximum atomic E-state index is 8.64. The van der Waals surface area contributed by atoms with E-state index >= 15 is 0 Å². The predicted octanol–water partition coefficient (Wildman–Crippen LogP) is 0.751. The van der Waals surface area contributed by atoms with Crippen molar-refractivity contribution in [3.63, 3.8) is 0 Å². The van der Waals surface area contributed by atoms with Gasteiger partial charge in [0.25, 0.3) is 0 Å². The number of rotatable bonds is 4. The van der Waals surface area contributed by atoms with Crippen LogP contribution in [0.15, 0.2) is 4.99 Å². The Morgan fingerprint density at radius 1 is 1.77 bits per heavy atom. The highest BCUT2D eigenvalue weighted by atomic mass is 32.1. The molecule has 0 saturated heterocycles. The molecule has 6 heteroatoms. The number of thiazole rings is 1. The summed E-state index contributed by atoms with van der Waals surface area (Å²) in [5, 5.41) is 20.6. The molecule has 0 atom stereocenters. The van der Waals surface area contributed by atoms with Gasteiger partial charge < -0.3 is 10.4 Å². The Bertz CT molecular complexity index is 341. The van der Waals surface area contributed by atoms with E-state index in [1.165, 1.54) is 11.3 Å². The van der Waals surface area contributed by atoms with Gasteiger partial charge in [-0.2, -0.15) is 10.2 Å². The van der Waals surface area contributed by atoms with Gasteiger partial charge in [0.05, 0.1) is 6.61 Å². The first kappa shape index (κ1) is 9.64. The minimum Gasteiger partial charge on any atom is -0.395 e. The molecule has 0 saturated carbocycles. The number of aromatic nitrogens is 1. The van der Waals surface area contributed by atoms with Gasteiger partial charge in [0.1, 0.15) is 6.07 Å². The third kappa shape index (κ3) is 2.24. The number of aliphatic hydroxyl groups excluding tert-OH is 1. The Morgan fingerprint density at radius 3 is 3.00 bits per heavy atom. The predicted molar refractivity (Wildman–Crippen MR) is 51.6 cm³/mol. The summed E-state index contributed by atoms with van der Waals surface area (Å²) >= 11 is 1.20. The van der Waals surface area contributed by atoms with E-state index in [9.17, 15) is 0 Å². The minimum absolute atomic E-state index is 0.0261. The molecule has 13 heavy (non-hydrogen) atoms. The maximum Gasteiger partial charge on any atom is 0.186 e. The fourth-order valence-corrected chi connectivity index (χ4v) is 1.48. The summed E-state index contributed by atoms with van der Waals surface area (Å²) < 4.78 is 0. The molecular weight excluding hydrogens is 188 g/mol. The van der Waals surface area contributed by atoms with E-state index in [4.69, 9.17) is 10.4 Å². The molecule has 0 fully saturated rings. The summed E-state index contributed by atoms with van der Waals surface area (Å²) in [4.78, 5) is 8.00. The number of hydrogen-bond donors (Lipinski definition) is 2. The maximum absolute atomic E-state index is 8.64. The Labute approximate surface area is 79.4 Å². The number of nitriles is 1. The number of nitrogens with one attached hydrogen (secondary N) is 1. The van der Waals surface area contributed by atoms with E-state index < -0.39 is 0 Å². The fraction of sp³-hybridized carbons (Fsp3) is 0.286. The highest BCUT2D eigenvalue weighted by Crippen LogP contribution is 2.27. The van der Waals surface area contributed by atoms with Gasteiger partial charge in [-0.3, -0.25) is 0 Å². The van der Waals surface area contributed by atoms with E-state index in [0.717, 1.165) is 0 Å². The van der Waals surface area contributed by atoms with Gasteiger partial charge in [-0.1, -0.05) is 11.3 Å². The lowest BCUT2D eigenvalue weighted by atomic mass is 10.5. The van der Waals surface area contributed by atoms with Crippen LogP contribution in [0.2, 0.25) is 0 Å². The lowest BCUT2D eigenvalue weighted by Crippen LogP contribution is -2.04. The van der Waals surface area contributed by atoms with Gasteiger partial charge in [0.15, 0.2) is 15.8 Å². The molecule has 0 bridgehead atoms. The molecular formula is C7H8N4OS. The molecule has 1 aromatic heterocycles. The first-order valence-electron chi connectivity index (χ1n) is 3.54. The van der Waals surface area contributed by atoms with Crippen LogP contribution in [0, 0.1) is 11.3 Å². The van der Waals surface area contributed by atoms with Crippen LogP contribution in [0.25, 0.3) is 0 Å². The fourth-order valence-electron chi connectivity index (χ4n) is 0.731. The monoisotopic (exact) mass is 196 g/mol. The molecule has 0 amide bonds. The van der Waals surface area contributed by atoms with Crippen LogP contribution in [0.3, 0.4) is 0 Å². The third-order valence-corrected chi connectivity index (χ3v) is 2.16. The lowest BCUT2D eigenvalue weighted by Gasteiger charge is -1.95. The van der Waals surface area contributed by atoms with Crippen molar-refractivity contribution in [3.8, 4) is 6.07 Å². The summed E-state index contributed by atoms with van der Waals surface area (Å²) in [6.45, 7) is 3.74. The van der Waals surface area contributed by atoms with Crippen molar-refractivity contribution in [1.82, 2.24) is 4.98 Å². The molecule has 0 aliphatic heterocycles. The normalized spacial score (nSPS) is 9.23. The van der Waals surface area contributed by atoms with Crippen molar-refractivity contribution in [1.29, 1.82) is 5.26 Å². The van der Waals surface area contributed by atoms with E-state index in [1.807, 2.05) is 6.07 Å². The van der Waals surface area contributed by atoms with Crippen molar-refractivity contribution in [3.05, 3.63) is 4.88 Å². The van der Waals surface area contributed by atoms with Crippen molar-refractivity contribution in [2.45, 2.75) is 0 Å². The van der Waals surface area contributed by atoms with Crippen molar-refractivity contribution in [2.75, 3.05) is 18.5 Å². The van der Waals surface area contributed by atoms with E-state index in [-0.39, 0.29) is 6.61 Å². The largest absolute Gasteiger partial charge is 0.395 e. The van der Waals surface area contributed by atoms with Gasteiger partial charge in [-0.05, 0) is 6.72 Å². The van der Waals surface area contributed by atoms with E-state index in [2.05, 4.69) is 22.0 Å². The number of aliphatic hydroxyl groups is 1. The zero-order valence-corrected chi connectivity index (χ0v) is 7.63. The molecule has 0 aliphatic carbocycles. The van der Waals surface area contributed by atoms with Gasteiger partial charge in [0, 0.05) is 6.54 Å². The SMILES string of the molecule is C=Nc1nc(NCCO)sc1C#N. The van der Waals surface area contributed by atoms with E-state index in [1.54, 1.807) is 0 Å². The smallest absolute Gasteiger partial charge is 0.186 e. The second kappa shape index (κ2) is 4.54. The Hall–Kier alpha value is -1.45. The first-order valence-corrected chi connectivity index (χ1v) is 4.36. The average molecular weight is 196 g/mol. The third-order valence-electron chi connectivity index (χ3n) is 1.25. The summed E-state index contributed by atoms with van der Waals surface area (Å²) in [6.07, 6.45) is 0. The molecule has 1 aromatic rings. The average Bonchev–Trinajstić information content (AvgIpc) is 2.57. The molecule has 1 rings (SSSR count). The molecule has 1 heterocycles. The summed E-state index contributed by atoms with van der Waals surface area (Å²) in [5.74, 6) is 0.341. The summed E-state index contributed by atoms with van der Waals surface area (Å²) in [5.41, 5.74) is 0. The van der Waals surface area contributed by atoms with Gasteiger partial charge in [0.2, 0.25) is 0 Å². The topological polar surface area (TPSA) is 81.3 Å². The molecule has 2 N–H and O–H groups in total. The Kier molecular flexibility index (Phi) is 3.37. The van der Waals surface area contributed by atoms with E-state index in [0.29, 0.717) is 22.4 Å². The summed E-state index contributed by atoms with van der Waals surface area (Å²) in [6, 6.07) is 1.96. The van der Waals surface area contributed by atoms with Crippen LogP contribution in [-0.2, 0) is 0 Å². The van der Waals surface area contributed by atoms with Gasteiger partial charge >= 0.3 is 0 Å². The molecule has 0 radical (unpaired) electrons. The van der Waals surface area contributed by atoms with Crippen LogP contribution in [0.4, 0.5) is 10.9 Å². The van der Waals surface area contributed by atoms with Crippen molar-refractivity contribution < 1.29 is 5.11 Å². The Balaban J connectivity index is 2.82. The highest BCUT2D eigenvalue weighted by Gasteiger charge is 2.07. The van der Waals surface area contributed by atoms with Gasteiger partial charge in [-0.15, -0.1) is 0 Å². The van der Waals surface area contributed by atoms with Crippen LogP contribution < -0.4 is 5.32 Å². The zero-order valence-electron chi connectivity index (χ0n) is 6.82. The number of hydrogen-bond acceptors (Lipinski definition) is 6. The zero-order chi connectivity index (χ0) is 9.68. The molecule has 0 aromatic carbocycles. The molecule has 0 aliphatic rings. The number of anilines is 1. The standard InChI is InChI=1S/C7H8N4OS/c1-9-6-5(4-8)13-7(11-6)10-2-3-12/h12H,1-3H2,(H,10,11). The van der Waals surface area contributed by atoms with Crippen LogP contribution >= 0.6 is 11.3 Å². The van der Waals surface area contributed by atoms with Gasteiger partial charge in [-0.25, -0.2) is 4.99 Å². The van der Waals surface area contributed by atoms with Crippen molar-refractivity contribution >= 4 is 29.0 Å². The quantitative estimate of drug-likeness (QED) is 0.696. The highest BCUT2D eigenvalue weighted by molar-refractivity contribution is 7.16. The lowest BCUT2D eigenvalue weighted by molar-refractivity contribution is 0.311. The number of aliphatic imine (C=N–C) groups is 1. The minimum atomic E-state index is 0.0261. The molecule has 5 nitrogen and oxygen atoms in total. The first-order chi connectivity index (χ1) is 6.31. The van der Waals surface area contributed by atoms with Crippen LogP contribution in [0.5, 0.6) is 0 Å². The molecule has 68 valence electrons. The van der Waals surface area contributed by atoms with Crippen LogP contribution in [0.1, 0.15) is 4.88 Å². The summed E-state index contributed by atoms with van der Waals surface area (Å²) in [7, 11) is 0. The molecule has 0 unspecified atom stereocenters. The number of nitrogens with zero attached hydrogens (tertiary/aromatic N) is 3. The van der Waals surface area contributed by atoms with Crippen LogP contribution in [-0.4, -0.2) is 30.0 Å². The second-order valence-corrected chi connectivity index (χ2v) is 3.09. The second-order valence-electron chi connectivity index (χ2n) is 2.09.